The lowest BCUT2D eigenvalue weighted by Crippen LogP contribution is -2.41. The van der Waals surface area contributed by atoms with E-state index in [9.17, 15) is 4.79 Å². The van der Waals surface area contributed by atoms with Gasteiger partial charge in [-0.1, -0.05) is 24.3 Å². The van der Waals surface area contributed by atoms with E-state index >= 15 is 0 Å². The summed E-state index contributed by atoms with van der Waals surface area (Å²) in [5, 5.41) is 0. The van der Waals surface area contributed by atoms with Crippen molar-refractivity contribution in [2.45, 2.75) is 45.5 Å². The van der Waals surface area contributed by atoms with E-state index in [-0.39, 0.29) is 0 Å². The van der Waals surface area contributed by atoms with Crippen molar-refractivity contribution >= 4 is 18.9 Å². The molecule has 3 rings (SSSR count). The van der Waals surface area contributed by atoms with Crippen LogP contribution in [-0.2, 0) is 15.9 Å². The minimum Gasteiger partial charge on any atom is -0.496 e. The third-order valence-electron chi connectivity index (χ3n) is 5.52. The number of benzene rings is 2. The molecular weight excluding hydrogens is 371 g/mol. The number of methoxy groups -OCH3 is 2. The summed E-state index contributed by atoms with van der Waals surface area (Å²) in [5.41, 5.74) is 1.48. The maximum absolute atomic E-state index is 11.3. The molecule has 29 heavy (non-hydrogen) atoms. The highest BCUT2D eigenvalue weighted by Crippen LogP contribution is 2.36. The minimum absolute atomic E-state index is 0.333. The maximum atomic E-state index is 11.3. The fourth-order valence-electron chi connectivity index (χ4n) is 3.09. The van der Waals surface area contributed by atoms with Gasteiger partial charge in [0, 0.05) is 12.1 Å². The average molecular weight is 398 g/mol. The largest absolute Gasteiger partial charge is 0.496 e. The van der Waals surface area contributed by atoms with E-state index in [1.165, 1.54) is 14.2 Å². The van der Waals surface area contributed by atoms with Gasteiger partial charge in [-0.25, -0.2) is 0 Å². The molecule has 0 radical (unpaired) electrons. The van der Waals surface area contributed by atoms with Crippen molar-refractivity contribution in [3.05, 3.63) is 47.5 Å². The van der Waals surface area contributed by atoms with Crippen LogP contribution in [0.2, 0.25) is 0 Å². The molecule has 2 aromatic carbocycles. The molecule has 1 saturated heterocycles. The molecule has 1 fully saturated rings. The highest BCUT2D eigenvalue weighted by atomic mass is 16.7. The summed E-state index contributed by atoms with van der Waals surface area (Å²) in [6.45, 7) is 8.46. The Morgan fingerprint density at radius 1 is 0.966 bits per heavy atom. The van der Waals surface area contributed by atoms with E-state index in [1.54, 1.807) is 12.1 Å². The van der Waals surface area contributed by atoms with E-state index in [0.29, 0.717) is 35.7 Å². The Labute approximate surface area is 172 Å². The van der Waals surface area contributed by atoms with Crippen LogP contribution in [0.1, 0.15) is 43.6 Å². The van der Waals surface area contributed by atoms with Gasteiger partial charge < -0.3 is 23.5 Å². The number of carbonyl (C=O) groups excluding carboxylic acids is 1. The summed E-state index contributed by atoms with van der Waals surface area (Å²) in [5.74, 6) is 1.35. The molecule has 7 heteroatoms. The van der Waals surface area contributed by atoms with Gasteiger partial charge in [-0.05, 0) is 38.7 Å². The van der Waals surface area contributed by atoms with Crippen LogP contribution in [0.4, 0.5) is 0 Å². The van der Waals surface area contributed by atoms with E-state index < -0.39 is 18.3 Å². The second-order valence-corrected chi connectivity index (χ2v) is 7.98. The molecule has 0 aliphatic carbocycles. The molecule has 0 unspecified atom stereocenters. The molecule has 6 nitrogen and oxygen atoms in total. The topological polar surface area (TPSA) is 63.2 Å². The van der Waals surface area contributed by atoms with Gasteiger partial charge in [0.15, 0.2) is 6.29 Å². The quantitative estimate of drug-likeness (QED) is 0.526. The van der Waals surface area contributed by atoms with Crippen LogP contribution in [-0.4, -0.2) is 38.8 Å². The lowest BCUT2D eigenvalue weighted by atomic mass is 9.78. The molecule has 0 saturated carbocycles. The van der Waals surface area contributed by atoms with Crippen LogP contribution in [0.3, 0.4) is 0 Å². The minimum atomic E-state index is -0.424. The molecule has 0 aromatic heterocycles. The molecule has 0 N–H and O–H groups in total. The lowest BCUT2D eigenvalue weighted by molar-refractivity contribution is 0.00578. The van der Waals surface area contributed by atoms with E-state index in [2.05, 4.69) is 0 Å². The smallest absolute Gasteiger partial charge is 0.494 e. The van der Waals surface area contributed by atoms with Crippen LogP contribution in [0.5, 0.6) is 17.2 Å². The first kappa shape index (κ1) is 21.2. The van der Waals surface area contributed by atoms with Crippen LogP contribution < -0.4 is 19.7 Å². The second-order valence-electron chi connectivity index (χ2n) is 7.98. The molecule has 2 aromatic rings. The average Bonchev–Trinajstić information content (AvgIpc) is 2.92. The monoisotopic (exact) mass is 398 g/mol. The number of aldehydes is 1. The molecule has 1 aliphatic rings. The predicted octanol–water partition coefficient (Wildman–Crippen LogP) is 3.39. The molecule has 1 aliphatic heterocycles. The Morgan fingerprint density at radius 3 is 2.07 bits per heavy atom. The molecule has 0 spiro atoms. The fraction of sp³-hybridized carbons (Fsp3) is 0.409. The SMILES string of the molecule is COc1cc(OCc2cccc(B3OC(C)(C)C(C)(C)O3)c2)cc(OC)c1C=O. The zero-order valence-corrected chi connectivity index (χ0v) is 17.8. The Balaban J connectivity index is 1.76. The van der Waals surface area contributed by atoms with Crippen LogP contribution >= 0.6 is 0 Å². The van der Waals surface area contributed by atoms with Gasteiger partial charge in [0.05, 0.1) is 31.0 Å². The number of hydrogen-bond donors (Lipinski definition) is 0. The summed E-state index contributed by atoms with van der Waals surface area (Å²) in [6, 6.07) is 11.3. The Bertz CT molecular complexity index is 852. The number of carbonyl (C=O) groups is 1. The summed E-state index contributed by atoms with van der Waals surface area (Å²) < 4.78 is 28.7. The predicted molar refractivity (Wildman–Crippen MR) is 111 cm³/mol. The van der Waals surface area contributed by atoms with Gasteiger partial charge in [-0.2, -0.15) is 0 Å². The summed E-state index contributed by atoms with van der Waals surface area (Å²) in [6.07, 6.45) is 0.704. The first-order valence-electron chi connectivity index (χ1n) is 9.49. The van der Waals surface area contributed by atoms with Gasteiger partial charge in [0.1, 0.15) is 23.9 Å². The number of rotatable bonds is 7. The molecular formula is C22H27BO6. The van der Waals surface area contributed by atoms with Gasteiger partial charge in [0.2, 0.25) is 0 Å². The highest BCUT2D eigenvalue weighted by Gasteiger charge is 2.51. The zero-order chi connectivity index (χ0) is 21.2. The van der Waals surface area contributed by atoms with Gasteiger partial charge in [-0.3, -0.25) is 4.79 Å². The summed E-state index contributed by atoms with van der Waals surface area (Å²) in [7, 11) is 2.58. The van der Waals surface area contributed by atoms with E-state index in [4.69, 9.17) is 23.5 Å². The molecule has 154 valence electrons. The first-order chi connectivity index (χ1) is 13.7. The van der Waals surface area contributed by atoms with Crippen molar-refractivity contribution in [1.82, 2.24) is 0 Å². The van der Waals surface area contributed by atoms with Crippen molar-refractivity contribution in [1.29, 1.82) is 0 Å². The second kappa shape index (κ2) is 8.09. The standard InChI is InChI=1S/C22H27BO6/c1-21(2)22(3,4)29-23(28-21)16-9-7-8-15(10-16)14-27-17-11-19(25-5)18(13-24)20(12-17)26-6/h7-13H,14H2,1-6H3. The zero-order valence-electron chi connectivity index (χ0n) is 17.8. The van der Waals surface area contributed by atoms with Crippen LogP contribution in [0.15, 0.2) is 36.4 Å². The molecule has 1 heterocycles. The third-order valence-corrected chi connectivity index (χ3v) is 5.52. The Kier molecular flexibility index (Phi) is 5.91. The maximum Gasteiger partial charge on any atom is 0.494 e. The van der Waals surface area contributed by atoms with Crippen molar-refractivity contribution in [3.8, 4) is 17.2 Å². The van der Waals surface area contributed by atoms with E-state index in [0.717, 1.165) is 11.0 Å². The lowest BCUT2D eigenvalue weighted by Gasteiger charge is -2.32. The van der Waals surface area contributed by atoms with Gasteiger partial charge in [0.25, 0.3) is 0 Å². The van der Waals surface area contributed by atoms with Gasteiger partial charge in [-0.15, -0.1) is 0 Å². The van der Waals surface area contributed by atoms with Crippen LogP contribution in [0, 0.1) is 0 Å². The van der Waals surface area contributed by atoms with Crippen LogP contribution in [0.25, 0.3) is 0 Å². The Hall–Kier alpha value is -2.51. The van der Waals surface area contributed by atoms with Crippen molar-refractivity contribution in [2.75, 3.05) is 14.2 Å². The molecule has 0 bridgehead atoms. The number of hydrogen-bond acceptors (Lipinski definition) is 6. The summed E-state index contributed by atoms with van der Waals surface area (Å²) in [4.78, 5) is 11.3. The Morgan fingerprint density at radius 2 is 1.55 bits per heavy atom. The van der Waals surface area contributed by atoms with Crippen molar-refractivity contribution in [3.63, 3.8) is 0 Å². The normalized spacial score (nSPS) is 17.1. The third kappa shape index (κ3) is 4.26. The number of ether oxygens (including phenoxy) is 3. The van der Waals surface area contributed by atoms with E-state index in [1.807, 2.05) is 52.0 Å². The summed E-state index contributed by atoms with van der Waals surface area (Å²) >= 11 is 0. The van der Waals surface area contributed by atoms with Crippen molar-refractivity contribution in [2.24, 2.45) is 0 Å². The van der Waals surface area contributed by atoms with Gasteiger partial charge >= 0.3 is 7.12 Å². The highest BCUT2D eigenvalue weighted by molar-refractivity contribution is 6.62. The first-order valence-corrected chi connectivity index (χ1v) is 9.49. The molecule has 0 atom stereocenters. The molecule has 0 amide bonds. The fourth-order valence-corrected chi connectivity index (χ4v) is 3.09. The van der Waals surface area contributed by atoms with Crippen molar-refractivity contribution < 1.29 is 28.3 Å².